The summed E-state index contributed by atoms with van der Waals surface area (Å²) in [5.41, 5.74) is 0.721. The van der Waals surface area contributed by atoms with Crippen LogP contribution in [0.4, 0.5) is 0 Å². The fourth-order valence-corrected chi connectivity index (χ4v) is 4.26. The molecule has 0 aromatic carbocycles. The highest BCUT2D eigenvalue weighted by molar-refractivity contribution is 5.02. The molecule has 2 aliphatic rings. The first kappa shape index (κ1) is 13.4. The van der Waals surface area contributed by atoms with Gasteiger partial charge >= 0.3 is 0 Å². The highest BCUT2D eigenvalue weighted by Crippen LogP contribution is 2.51. The van der Waals surface area contributed by atoms with E-state index in [0.29, 0.717) is 6.04 Å². The molecule has 0 amide bonds. The van der Waals surface area contributed by atoms with Gasteiger partial charge in [-0.05, 0) is 43.9 Å². The maximum Gasteiger partial charge on any atom is 0.0126 e. The number of hydrogen-bond donors (Lipinski definition) is 1. The van der Waals surface area contributed by atoms with Crippen molar-refractivity contribution in [1.29, 1.82) is 0 Å². The van der Waals surface area contributed by atoms with Gasteiger partial charge in [-0.2, -0.15) is 0 Å². The van der Waals surface area contributed by atoms with E-state index in [4.69, 9.17) is 0 Å². The number of rotatable bonds is 5. The molecule has 1 spiro atoms. The Balaban J connectivity index is 1.86. The van der Waals surface area contributed by atoms with Gasteiger partial charge in [0, 0.05) is 12.1 Å². The van der Waals surface area contributed by atoms with Crippen molar-refractivity contribution in [2.24, 2.45) is 11.3 Å². The normalized spacial score (nSPS) is 29.3. The molecule has 0 radical (unpaired) electrons. The standard InChI is InChI=1S/C16H31N/c1-4-14(5-2)13(3)17-15-9-12-16(15)10-7-6-8-11-16/h13-15,17H,4-12H2,1-3H3. The van der Waals surface area contributed by atoms with Crippen molar-refractivity contribution >= 4 is 0 Å². The Kier molecular flexibility index (Phi) is 4.52. The fourth-order valence-electron chi connectivity index (χ4n) is 4.26. The van der Waals surface area contributed by atoms with Crippen molar-refractivity contribution in [3.63, 3.8) is 0 Å². The van der Waals surface area contributed by atoms with Gasteiger partial charge in [0.2, 0.25) is 0 Å². The zero-order valence-electron chi connectivity index (χ0n) is 12.1. The summed E-state index contributed by atoms with van der Waals surface area (Å²) < 4.78 is 0. The van der Waals surface area contributed by atoms with Crippen LogP contribution >= 0.6 is 0 Å². The van der Waals surface area contributed by atoms with Gasteiger partial charge in [-0.3, -0.25) is 0 Å². The van der Waals surface area contributed by atoms with Crippen LogP contribution in [0, 0.1) is 11.3 Å². The lowest BCUT2D eigenvalue weighted by Crippen LogP contribution is -2.57. The van der Waals surface area contributed by atoms with Crippen LogP contribution in [0.2, 0.25) is 0 Å². The van der Waals surface area contributed by atoms with Crippen LogP contribution < -0.4 is 5.32 Å². The lowest BCUT2D eigenvalue weighted by atomic mass is 9.57. The summed E-state index contributed by atoms with van der Waals surface area (Å²) >= 11 is 0. The van der Waals surface area contributed by atoms with Gasteiger partial charge in [0.15, 0.2) is 0 Å². The van der Waals surface area contributed by atoms with Crippen LogP contribution in [0.3, 0.4) is 0 Å². The zero-order valence-corrected chi connectivity index (χ0v) is 12.1. The minimum Gasteiger partial charge on any atom is -0.311 e. The second-order valence-electron chi connectivity index (χ2n) is 6.55. The molecule has 0 aromatic heterocycles. The Bertz CT molecular complexity index is 226. The maximum absolute atomic E-state index is 3.98. The fraction of sp³-hybridized carbons (Fsp3) is 1.00. The third-order valence-electron chi connectivity index (χ3n) is 5.74. The van der Waals surface area contributed by atoms with Gasteiger partial charge < -0.3 is 5.32 Å². The molecular formula is C16H31N. The third kappa shape index (κ3) is 2.70. The lowest BCUT2D eigenvalue weighted by Gasteiger charge is -2.54. The van der Waals surface area contributed by atoms with Crippen LogP contribution in [-0.4, -0.2) is 12.1 Å². The average Bonchev–Trinajstić information content (AvgIpc) is 2.37. The molecule has 2 aliphatic carbocycles. The molecule has 2 fully saturated rings. The van der Waals surface area contributed by atoms with Gasteiger partial charge in [-0.25, -0.2) is 0 Å². The summed E-state index contributed by atoms with van der Waals surface area (Å²) in [6.07, 6.45) is 13.0. The summed E-state index contributed by atoms with van der Waals surface area (Å²) in [4.78, 5) is 0. The molecule has 0 bridgehead atoms. The molecule has 0 aliphatic heterocycles. The van der Waals surface area contributed by atoms with Crippen LogP contribution in [-0.2, 0) is 0 Å². The van der Waals surface area contributed by atoms with Crippen molar-refractivity contribution in [3.8, 4) is 0 Å². The van der Waals surface area contributed by atoms with Crippen LogP contribution in [0.15, 0.2) is 0 Å². The minimum absolute atomic E-state index is 0.717. The SMILES string of the molecule is CCC(CC)C(C)NC1CCC12CCCCC2. The van der Waals surface area contributed by atoms with E-state index in [0.717, 1.165) is 17.4 Å². The van der Waals surface area contributed by atoms with Crippen molar-refractivity contribution in [3.05, 3.63) is 0 Å². The van der Waals surface area contributed by atoms with Gasteiger partial charge in [0.25, 0.3) is 0 Å². The van der Waals surface area contributed by atoms with Gasteiger partial charge in [0.05, 0.1) is 0 Å². The molecule has 0 saturated heterocycles. The molecule has 2 unspecified atom stereocenters. The lowest BCUT2D eigenvalue weighted by molar-refractivity contribution is 0.0129. The molecule has 2 rings (SSSR count). The van der Waals surface area contributed by atoms with Crippen molar-refractivity contribution in [1.82, 2.24) is 5.32 Å². The first-order valence-corrected chi connectivity index (χ1v) is 7.98. The van der Waals surface area contributed by atoms with Crippen molar-refractivity contribution in [2.45, 2.75) is 90.6 Å². The van der Waals surface area contributed by atoms with E-state index in [-0.39, 0.29) is 0 Å². The van der Waals surface area contributed by atoms with Gasteiger partial charge in [0.1, 0.15) is 0 Å². The molecule has 2 atom stereocenters. The Morgan fingerprint density at radius 3 is 2.18 bits per heavy atom. The molecule has 1 heteroatoms. The zero-order chi connectivity index (χ0) is 12.3. The van der Waals surface area contributed by atoms with E-state index in [9.17, 15) is 0 Å². The topological polar surface area (TPSA) is 12.0 Å². The number of nitrogens with one attached hydrogen (secondary N) is 1. The van der Waals surface area contributed by atoms with E-state index < -0.39 is 0 Å². The molecule has 100 valence electrons. The van der Waals surface area contributed by atoms with E-state index >= 15 is 0 Å². The average molecular weight is 237 g/mol. The summed E-state index contributed by atoms with van der Waals surface area (Å²) in [6.45, 7) is 7.08. The smallest absolute Gasteiger partial charge is 0.0126 e. The van der Waals surface area contributed by atoms with Gasteiger partial charge in [-0.15, -0.1) is 0 Å². The monoisotopic (exact) mass is 237 g/mol. The first-order valence-electron chi connectivity index (χ1n) is 7.98. The summed E-state index contributed by atoms with van der Waals surface area (Å²) in [5, 5.41) is 3.98. The van der Waals surface area contributed by atoms with Crippen LogP contribution in [0.25, 0.3) is 0 Å². The van der Waals surface area contributed by atoms with E-state index in [1.165, 1.54) is 57.8 Å². The molecule has 17 heavy (non-hydrogen) atoms. The Labute approximate surface area is 108 Å². The van der Waals surface area contributed by atoms with Crippen LogP contribution in [0.5, 0.6) is 0 Å². The van der Waals surface area contributed by atoms with Crippen molar-refractivity contribution < 1.29 is 0 Å². The maximum atomic E-state index is 3.98. The number of hydrogen-bond acceptors (Lipinski definition) is 1. The Morgan fingerprint density at radius 2 is 1.71 bits per heavy atom. The Morgan fingerprint density at radius 1 is 1.06 bits per heavy atom. The second kappa shape index (κ2) is 5.73. The largest absolute Gasteiger partial charge is 0.311 e. The summed E-state index contributed by atoms with van der Waals surface area (Å²) in [7, 11) is 0. The second-order valence-corrected chi connectivity index (χ2v) is 6.55. The summed E-state index contributed by atoms with van der Waals surface area (Å²) in [5.74, 6) is 0.872. The van der Waals surface area contributed by atoms with Crippen LogP contribution in [0.1, 0.15) is 78.6 Å². The molecule has 0 heterocycles. The predicted molar refractivity (Wildman–Crippen MR) is 75.2 cm³/mol. The predicted octanol–water partition coefficient (Wildman–Crippen LogP) is 4.51. The molecule has 0 aromatic rings. The van der Waals surface area contributed by atoms with Crippen molar-refractivity contribution in [2.75, 3.05) is 0 Å². The minimum atomic E-state index is 0.717. The van der Waals surface area contributed by atoms with E-state index in [1.54, 1.807) is 0 Å². The van der Waals surface area contributed by atoms with E-state index in [1.807, 2.05) is 0 Å². The molecular weight excluding hydrogens is 206 g/mol. The Hall–Kier alpha value is -0.0400. The van der Waals surface area contributed by atoms with Gasteiger partial charge in [-0.1, -0.05) is 46.0 Å². The third-order valence-corrected chi connectivity index (χ3v) is 5.74. The highest BCUT2D eigenvalue weighted by Gasteiger charge is 2.47. The quantitative estimate of drug-likeness (QED) is 0.741. The molecule has 1 nitrogen and oxygen atoms in total. The highest BCUT2D eigenvalue weighted by atomic mass is 15.0. The molecule has 1 N–H and O–H groups in total. The van der Waals surface area contributed by atoms with E-state index in [2.05, 4.69) is 26.1 Å². The first-order chi connectivity index (χ1) is 8.22. The summed E-state index contributed by atoms with van der Waals surface area (Å²) in [6, 6.07) is 1.56. The molecule has 2 saturated carbocycles.